The molecule has 2 aromatic heterocycles. The Morgan fingerprint density at radius 1 is 1.30 bits per heavy atom. The van der Waals surface area contributed by atoms with Crippen molar-refractivity contribution in [3.05, 3.63) is 41.9 Å². The Labute approximate surface area is 118 Å². The number of alkyl halides is 1. The third-order valence-electron chi connectivity index (χ3n) is 2.99. The maximum atomic E-state index is 13.8. The van der Waals surface area contributed by atoms with Crippen LogP contribution in [0.25, 0.3) is 16.9 Å². The predicted molar refractivity (Wildman–Crippen MR) is 72.2 cm³/mol. The molecule has 1 aromatic carbocycles. The van der Waals surface area contributed by atoms with Crippen molar-refractivity contribution in [2.45, 2.75) is 6.42 Å². The van der Waals surface area contributed by atoms with E-state index in [2.05, 4.69) is 10.1 Å². The molecule has 0 aliphatic heterocycles. The van der Waals surface area contributed by atoms with Crippen molar-refractivity contribution in [1.29, 1.82) is 0 Å². The highest BCUT2D eigenvalue weighted by atomic mass is 35.5. The summed E-state index contributed by atoms with van der Waals surface area (Å²) in [6, 6.07) is 3.82. The molecular weight excluding hydrogens is 286 g/mol. The molecule has 0 spiro atoms. The van der Waals surface area contributed by atoms with E-state index in [1.54, 1.807) is 28.6 Å². The van der Waals surface area contributed by atoms with Gasteiger partial charge in [-0.1, -0.05) is 0 Å². The van der Waals surface area contributed by atoms with Crippen LogP contribution in [0.4, 0.5) is 8.78 Å². The Morgan fingerprint density at radius 3 is 2.75 bits per heavy atom. The Bertz CT molecular complexity index is 778. The van der Waals surface area contributed by atoms with Crippen molar-refractivity contribution >= 4 is 22.6 Å². The van der Waals surface area contributed by atoms with Gasteiger partial charge in [0.1, 0.15) is 17.2 Å². The molecule has 0 bridgehead atoms. The Kier molecular flexibility index (Phi) is 3.17. The summed E-state index contributed by atoms with van der Waals surface area (Å²) in [4.78, 5) is 4.22. The maximum Gasteiger partial charge on any atom is 0.160 e. The van der Waals surface area contributed by atoms with Gasteiger partial charge in [-0.15, -0.1) is 11.6 Å². The second-order valence-electron chi connectivity index (χ2n) is 4.41. The van der Waals surface area contributed by atoms with Crippen LogP contribution in [-0.2, 0) is 13.5 Å². The molecule has 3 aromatic rings. The van der Waals surface area contributed by atoms with Crippen LogP contribution in [0.15, 0.2) is 24.4 Å². The first kappa shape index (κ1) is 13.1. The second kappa shape index (κ2) is 4.86. The smallest absolute Gasteiger partial charge is 0.160 e. The highest BCUT2D eigenvalue weighted by Gasteiger charge is 2.17. The first-order chi connectivity index (χ1) is 9.60. The van der Waals surface area contributed by atoms with Crippen LogP contribution in [0.2, 0.25) is 0 Å². The van der Waals surface area contributed by atoms with Crippen LogP contribution in [0.5, 0.6) is 0 Å². The van der Waals surface area contributed by atoms with E-state index in [0.717, 1.165) is 6.07 Å². The number of imidazole rings is 1. The number of hydrogen-bond donors (Lipinski definition) is 0. The molecule has 0 aliphatic carbocycles. The van der Waals surface area contributed by atoms with E-state index >= 15 is 0 Å². The van der Waals surface area contributed by atoms with E-state index in [0.29, 0.717) is 29.5 Å². The Hall–Kier alpha value is -1.95. The number of aromatic nitrogens is 4. The van der Waals surface area contributed by atoms with Crippen LogP contribution in [0.1, 0.15) is 5.82 Å². The molecule has 0 saturated heterocycles. The third kappa shape index (κ3) is 2.06. The summed E-state index contributed by atoms with van der Waals surface area (Å²) in [5.41, 5.74) is 0.471. The number of benzene rings is 1. The molecule has 3 rings (SSSR count). The molecule has 104 valence electrons. The zero-order chi connectivity index (χ0) is 14.3. The average molecular weight is 297 g/mol. The zero-order valence-electron chi connectivity index (χ0n) is 10.6. The van der Waals surface area contributed by atoms with E-state index in [9.17, 15) is 8.78 Å². The van der Waals surface area contributed by atoms with E-state index in [4.69, 9.17) is 11.6 Å². The molecule has 0 amide bonds. The van der Waals surface area contributed by atoms with Gasteiger partial charge >= 0.3 is 0 Å². The monoisotopic (exact) mass is 296 g/mol. The summed E-state index contributed by atoms with van der Waals surface area (Å²) in [6.45, 7) is 0. The van der Waals surface area contributed by atoms with Gasteiger partial charge in [0.15, 0.2) is 11.6 Å². The minimum Gasteiger partial charge on any atom is -0.279 e. The standard InChI is InChI=1S/C13H11ClF2N4/c1-19-5-3-12(18-19)20-10-7-8(15)6-9(16)13(10)17-11(20)2-4-14/h3,5-7H,2,4H2,1H3. The lowest BCUT2D eigenvalue weighted by Gasteiger charge is -2.04. The third-order valence-corrected chi connectivity index (χ3v) is 3.18. The molecule has 7 heteroatoms. The molecule has 0 fully saturated rings. The highest BCUT2D eigenvalue weighted by molar-refractivity contribution is 6.17. The Morgan fingerprint density at radius 2 is 2.10 bits per heavy atom. The minimum atomic E-state index is -0.689. The fraction of sp³-hybridized carbons (Fsp3) is 0.231. The molecule has 4 nitrogen and oxygen atoms in total. The maximum absolute atomic E-state index is 13.8. The minimum absolute atomic E-state index is 0.122. The molecule has 20 heavy (non-hydrogen) atoms. The number of fused-ring (bicyclic) bond motifs is 1. The summed E-state index contributed by atoms with van der Waals surface area (Å²) >= 11 is 5.75. The topological polar surface area (TPSA) is 35.6 Å². The van der Waals surface area contributed by atoms with Crippen LogP contribution in [0, 0.1) is 11.6 Å². The van der Waals surface area contributed by atoms with Gasteiger partial charge in [0.25, 0.3) is 0 Å². The number of hydrogen-bond acceptors (Lipinski definition) is 2. The first-order valence-corrected chi connectivity index (χ1v) is 6.56. The van der Waals surface area contributed by atoms with Crippen molar-refractivity contribution in [2.24, 2.45) is 7.05 Å². The predicted octanol–water partition coefficient (Wildman–Crippen LogP) is 2.82. The largest absolute Gasteiger partial charge is 0.279 e. The number of aryl methyl sites for hydroxylation is 2. The fourth-order valence-corrected chi connectivity index (χ4v) is 2.35. The lowest BCUT2D eigenvalue weighted by atomic mass is 10.3. The lowest BCUT2D eigenvalue weighted by Crippen LogP contribution is -2.04. The summed E-state index contributed by atoms with van der Waals surface area (Å²) in [5.74, 6) is 0.105. The first-order valence-electron chi connectivity index (χ1n) is 6.02. The summed E-state index contributed by atoms with van der Waals surface area (Å²) in [6.07, 6.45) is 2.19. The SMILES string of the molecule is Cn1ccc(-n2c(CCCl)nc3c(F)cc(F)cc32)n1. The van der Waals surface area contributed by atoms with Crippen molar-refractivity contribution in [3.63, 3.8) is 0 Å². The number of nitrogens with zero attached hydrogens (tertiary/aromatic N) is 4. The van der Waals surface area contributed by atoms with Crippen molar-refractivity contribution in [3.8, 4) is 5.82 Å². The van der Waals surface area contributed by atoms with Gasteiger partial charge in [0.2, 0.25) is 0 Å². The van der Waals surface area contributed by atoms with E-state index < -0.39 is 11.6 Å². The quantitative estimate of drug-likeness (QED) is 0.697. The zero-order valence-corrected chi connectivity index (χ0v) is 11.4. The molecular formula is C13H11ClF2N4. The summed E-state index contributed by atoms with van der Waals surface area (Å²) < 4.78 is 30.5. The summed E-state index contributed by atoms with van der Waals surface area (Å²) in [5, 5.41) is 4.26. The molecule has 0 aliphatic rings. The normalized spacial score (nSPS) is 11.4. The van der Waals surface area contributed by atoms with Gasteiger partial charge in [-0.05, 0) is 0 Å². The van der Waals surface area contributed by atoms with E-state index in [1.165, 1.54) is 6.07 Å². The van der Waals surface area contributed by atoms with Gasteiger partial charge in [0.05, 0.1) is 5.52 Å². The van der Waals surface area contributed by atoms with Crippen LogP contribution < -0.4 is 0 Å². The van der Waals surface area contributed by atoms with Gasteiger partial charge in [-0.2, -0.15) is 5.10 Å². The second-order valence-corrected chi connectivity index (χ2v) is 4.78. The molecule has 2 heterocycles. The van der Waals surface area contributed by atoms with Gasteiger partial charge < -0.3 is 0 Å². The number of rotatable bonds is 3. The molecule has 0 N–H and O–H groups in total. The van der Waals surface area contributed by atoms with Crippen LogP contribution in [-0.4, -0.2) is 25.2 Å². The fourth-order valence-electron chi connectivity index (χ4n) is 2.18. The summed E-state index contributed by atoms with van der Waals surface area (Å²) in [7, 11) is 1.77. The highest BCUT2D eigenvalue weighted by Crippen LogP contribution is 2.24. The van der Waals surface area contributed by atoms with Gasteiger partial charge in [0, 0.05) is 43.7 Å². The molecule has 0 saturated carbocycles. The van der Waals surface area contributed by atoms with Gasteiger partial charge in [-0.3, -0.25) is 9.25 Å². The van der Waals surface area contributed by atoms with Crippen molar-refractivity contribution in [1.82, 2.24) is 19.3 Å². The van der Waals surface area contributed by atoms with Crippen molar-refractivity contribution in [2.75, 3.05) is 5.88 Å². The van der Waals surface area contributed by atoms with Crippen molar-refractivity contribution < 1.29 is 8.78 Å². The average Bonchev–Trinajstić information content (AvgIpc) is 2.93. The van der Waals surface area contributed by atoms with E-state index in [-0.39, 0.29) is 5.52 Å². The lowest BCUT2D eigenvalue weighted by molar-refractivity contribution is 0.590. The van der Waals surface area contributed by atoms with Crippen LogP contribution in [0.3, 0.4) is 0 Å². The molecule has 0 radical (unpaired) electrons. The Balaban J connectivity index is 2.34. The van der Waals surface area contributed by atoms with E-state index in [1.807, 2.05) is 0 Å². The molecule has 0 unspecified atom stereocenters. The molecule has 0 atom stereocenters. The van der Waals surface area contributed by atoms with Gasteiger partial charge in [-0.25, -0.2) is 13.8 Å². The van der Waals surface area contributed by atoms with Crippen LogP contribution >= 0.6 is 11.6 Å². The number of halogens is 3.